The molecule has 1 saturated heterocycles. The second-order valence-corrected chi connectivity index (χ2v) is 5.44. The van der Waals surface area contributed by atoms with Gasteiger partial charge in [-0.15, -0.1) is 0 Å². The van der Waals surface area contributed by atoms with Crippen LogP contribution >= 0.6 is 11.8 Å². The smallest absolute Gasteiger partial charge is 0.128 e. The normalized spacial score (nSPS) is 23.6. The van der Waals surface area contributed by atoms with E-state index in [9.17, 15) is 4.39 Å². The average molecular weight is 255 g/mol. The van der Waals surface area contributed by atoms with Crippen LogP contribution in [0, 0.1) is 5.82 Å². The molecule has 5 heteroatoms. The van der Waals surface area contributed by atoms with Crippen LogP contribution in [0.15, 0.2) is 24.3 Å². The lowest BCUT2D eigenvalue weighted by molar-refractivity contribution is 0.214. The maximum absolute atomic E-state index is 13.8. The molecular formula is C12H18FN3S. The van der Waals surface area contributed by atoms with Crippen LogP contribution in [0.4, 0.5) is 4.39 Å². The number of hydrogen-bond acceptors (Lipinski definition) is 4. The minimum Gasteiger partial charge on any atom is -0.300 e. The summed E-state index contributed by atoms with van der Waals surface area (Å²) in [5, 5.41) is 0. The highest BCUT2D eigenvalue weighted by Gasteiger charge is 2.29. The van der Waals surface area contributed by atoms with Gasteiger partial charge in [0.05, 0.1) is 6.04 Å². The third-order valence-corrected chi connectivity index (χ3v) is 4.30. The number of benzene rings is 1. The third kappa shape index (κ3) is 2.80. The lowest BCUT2D eigenvalue weighted by atomic mass is 9.99. The Morgan fingerprint density at radius 3 is 2.94 bits per heavy atom. The molecule has 1 heterocycles. The third-order valence-electron chi connectivity index (χ3n) is 3.25. The van der Waals surface area contributed by atoms with Crippen molar-refractivity contribution in [1.82, 2.24) is 10.3 Å². The summed E-state index contributed by atoms with van der Waals surface area (Å²) >= 11 is 1.89. The molecule has 1 aliphatic rings. The number of hydrogen-bond donors (Lipinski definition) is 2. The summed E-state index contributed by atoms with van der Waals surface area (Å²) in [5.41, 5.74) is 3.41. The lowest BCUT2D eigenvalue weighted by Gasteiger charge is -2.37. The van der Waals surface area contributed by atoms with Gasteiger partial charge in [-0.2, -0.15) is 11.8 Å². The predicted octanol–water partition coefficient (Wildman–Crippen LogP) is 1.38. The Kier molecular flexibility index (Phi) is 4.39. The van der Waals surface area contributed by atoms with Gasteiger partial charge in [0.2, 0.25) is 0 Å². The molecule has 1 fully saturated rings. The fourth-order valence-electron chi connectivity index (χ4n) is 2.19. The van der Waals surface area contributed by atoms with E-state index in [1.807, 2.05) is 17.8 Å². The van der Waals surface area contributed by atoms with Gasteiger partial charge in [0.15, 0.2) is 0 Å². The Balaban J connectivity index is 2.23. The van der Waals surface area contributed by atoms with E-state index in [-0.39, 0.29) is 17.9 Å². The van der Waals surface area contributed by atoms with Crippen LogP contribution < -0.4 is 11.3 Å². The van der Waals surface area contributed by atoms with Gasteiger partial charge >= 0.3 is 0 Å². The van der Waals surface area contributed by atoms with Crippen LogP contribution in [0.5, 0.6) is 0 Å². The zero-order chi connectivity index (χ0) is 12.3. The predicted molar refractivity (Wildman–Crippen MR) is 70.2 cm³/mol. The maximum atomic E-state index is 13.8. The Morgan fingerprint density at radius 2 is 2.29 bits per heavy atom. The molecule has 0 saturated carbocycles. The molecule has 1 aromatic rings. The molecule has 0 amide bonds. The molecule has 3 nitrogen and oxygen atoms in total. The van der Waals surface area contributed by atoms with E-state index in [4.69, 9.17) is 5.84 Å². The van der Waals surface area contributed by atoms with Crippen LogP contribution in [-0.4, -0.2) is 36.0 Å². The van der Waals surface area contributed by atoms with E-state index in [2.05, 4.69) is 17.4 Å². The van der Waals surface area contributed by atoms with Crippen LogP contribution in [0.25, 0.3) is 0 Å². The highest BCUT2D eigenvalue weighted by molar-refractivity contribution is 7.99. The monoisotopic (exact) mass is 255 g/mol. The summed E-state index contributed by atoms with van der Waals surface area (Å²) in [4.78, 5) is 2.24. The molecule has 0 bridgehead atoms. The van der Waals surface area contributed by atoms with Crippen molar-refractivity contribution < 1.29 is 4.39 Å². The summed E-state index contributed by atoms with van der Waals surface area (Å²) in [6, 6.07) is 6.90. The Labute approximate surface area is 106 Å². The fraction of sp³-hybridized carbons (Fsp3) is 0.500. The molecule has 0 spiro atoms. The molecule has 0 aromatic heterocycles. The lowest BCUT2D eigenvalue weighted by Crippen LogP contribution is -2.49. The van der Waals surface area contributed by atoms with E-state index in [1.165, 1.54) is 6.07 Å². The molecular weight excluding hydrogens is 237 g/mol. The van der Waals surface area contributed by atoms with Gasteiger partial charge in [0, 0.05) is 29.7 Å². The second-order valence-electron chi connectivity index (χ2n) is 4.29. The first kappa shape index (κ1) is 12.8. The molecule has 0 aliphatic carbocycles. The maximum Gasteiger partial charge on any atom is 0.128 e. The fourth-order valence-corrected chi connectivity index (χ4v) is 3.46. The van der Waals surface area contributed by atoms with Crippen molar-refractivity contribution in [3.63, 3.8) is 0 Å². The summed E-state index contributed by atoms with van der Waals surface area (Å²) in [6.07, 6.45) is 0. The van der Waals surface area contributed by atoms with E-state index in [0.29, 0.717) is 5.56 Å². The van der Waals surface area contributed by atoms with Crippen molar-refractivity contribution >= 4 is 11.8 Å². The SMILES string of the molecule is CN1CCSCC1C(NN)c1ccccc1F. The number of nitrogens with two attached hydrogens (primary N) is 1. The summed E-state index contributed by atoms with van der Waals surface area (Å²) in [7, 11) is 2.07. The molecule has 1 aromatic carbocycles. The molecule has 2 unspecified atom stereocenters. The second kappa shape index (κ2) is 5.82. The van der Waals surface area contributed by atoms with Crippen LogP contribution in [0.2, 0.25) is 0 Å². The minimum atomic E-state index is -0.195. The topological polar surface area (TPSA) is 41.3 Å². The van der Waals surface area contributed by atoms with Crippen LogP contribution in [0.1, 0.15) is 11.6 Å². The first-order valence-corrected chi connectivity index (χ1v) is 6.88. The largest absolute Gasteiger partial charge is 0.300 e. The van der Waals surface area contributed by atoms with Crippen molar-refractivity contribution in [2.75, 3.05) is 25.1 Å². The van der Waals surface area contributed by atoms with Gasteiger partial charge in [-0.05, 0) is 13.1 Å². The standard InChI is InChI=1S/C12H18FN3S/c1-16-6-7-17-8-11(16)12(15-14)9-4-2-3-5-10(9)13/h2-5,11-12,15H,6-8,14H2,1H3. The average Bonchev–Trinajstić information content (AvgIpc) is 2.34. The molecule has 2 rings (SSSR count). The van der Waals surface area contributed by atoms with Gasteiger partial charge in [-0.3, -0.25) is 16.2 Å². The highest BCUT2D eigenvalue weighted by atomic mass is 32.2. The quantitative estimate of drug-likeness (QED) is 0.632. The van der Waals surface area contributed by atoms with E-state index in [0.717, 1.165) is 18.1 Å². The van der Waals surface area contributed by atoms with Crippen LogP contribution in [0.3, 0.4) is 0 Å². The number of thioether (sulfide) groups is 1. The zero-order valence-corrected chi connectivity index (χ0v) is 10.7. The van der Waals surface area contributed by atoms with Gasteiger partial charge < -0.3 is 0 Å². The zero-order valence-electron chi connectivity index (χ0n) is 9.90. The summed E-state index contributed by atoms with van der Waals surface area (Å²) in [6.45, 7) is 1.02. The van der Waals surface area contributed by atoms with Gasteiger partial charge in [-0.25, -0.2) is 4.39 Å². The minimum absolute atomic E-state index is 0.158. The first-order valence-electron chi connectivity index (χ1n) is 5.72. The van der Waals surface area contributed by atoms with E-state index < -0.39 is 0 Å². The molecule has 1 aliphatic heterocycles. The van der Waals surface area contributed by atoms with E-state index in [1.54, 1.807) is 12.1 Å². The molecule has 94 valence electrons. The molecule has 2 atom stereocenters. The number of likely N-dealkylation sites (N-methyl/N-ethyl adjacent to an activating group) is 1. The van der Waals surface area contributed by atoms with Crippen molar-refractivity contribution in [3.8, 4) is 0 Å². The molecule has 0 radical (unpaired) electrons. The Bertz CT molecular complexity index is 375. The van der Waals surface area contributed by atoms with Crippen molar-refractivity contribution in [1.29, 1.82) is 0 Å². The molecule has 3 N–H and O–H groups in total. The summed E-state index contributed by atoms with van der Waals surface area (Å²) < 4.78 is 13.8. The number of rotatable bonds is 3. The Hall–Kier alpha value is -0.620. The summed E-state index contributed by atoms with van der Waals surface area (Å²) in [5.74, 6) is 7.52. The Morgan fingerprint density at radius 1 is 1.53 bits per heavy atom. The van der Waals surface area contributed by atoms with Crippen molar-refractivity contribution in [2.24, 2.45) is 5.84 Å². The number of nitrogens with one attached hydrogen (secondary N) is 1. The number of hydrazine groups is 1. The van der Waals surface area contributed by atoms with Gasteiger partial charge in [0.25, 0.3) is 0 Å². The van der Waals surface area contributed by atoms with Crippen LogP contribution in [-0.2, 0) is 0 Å². The number of halogens is 1. The molecule has 17 heavy (non-hydrogen) atoms. The number of nitrogens with zero attached hydrogens (tertiary/aromatic N) is 1. The van der Waals surface area contributed by atoms with Crippen molar-refractivity contribution in [3.05, 3.63) is 35.6 Å². The van der Waals surface area contributed by atoms with Gasteiger partial charge in [-0.1, -0.05) is 18.2 Å². The van der Waals surface area contributed by atoms with E-state index >= 15 is 0 Å². The van der Waals surface area contributed by atoms with Crippen molar-refractivity contribution in [2.45, 2.75) is 12.1 Å². The first-order chi connectivity index (χ1) is 8.24. The highest BCUT2D eigenvalue weighted by Crippen LogP contribution is 2.27. The van der Waals surface area contributed by atoms with Gasteiger partial charge in [0.1, 0.15) is 5.82 Å².